The summed E-state index contributed by atoms with van der Waals surface area (Å²) in [7, 11) is 0. The molecular formula is C20H23N3O3S. The summed E-state index contributed by atoms with van der Waals surface area (Å²) in [4.78, 5) is 24.2. The van der Waals surface area contributed by atoms with Crippen molar-refractivity contribution in [2.75, 3.05) is 18.9 Å². The molecule has 2 amide bonds. The van der Waals surface area contributed by atoms with Gasteiger partial charge in [0.25, 0.3) is 0 Å². The fraction of sp³-hybridized carbons (Fsp3) is 0.450. The Balaban J connectivity index is 1.65. The van der Waals surface area contributed by atoms with E-state index in [1.807, 2.05) is 31.2 Å². The minimum absolute atomic E-state index is 0.0909. The quantitative estimate of drug-likeness (QED) is 0.784. The number of hydrogen-bond acceptors (Lipinski definition) is 5. The van der Waals surface area contributed by atoms with E-state index in [0.29, 0.717) is 17.1 Å². The Morgan fingerprint density at radius 1 is 1.41 bits per heavy atom. The Labute approximate surface area is 163 Å². The van der Waals surface area contributed by atoms with E-state index in [1.54, 1.807) is 0 Å². The number of amides is 2. The number of carbonyl (C=O) groups excluding carboxylic acids is 2. The van der Waals surface area contributed by atoms with Gasteiger partial charge in [-0.05, 0) is 25.3 Å². The van der Waals surface area contributed by atoms with Crippen LogP contribution in [0, 0.1) is 18.3 Å². The van der Waals surface area contributed by atoms with Crippen LogP contribution in [0.25, 0.3) is 0 Å². The molecular weight excluding hydrogens is 362 g/mol. The first-order valence-corrected chi connectivity index (χ1v) is 10.1. The molecule has 0 aromatic heterocycles. The van der Waals surface area contributed by atoms with Crippen LogP contribution in [-0.4, -0.2) is 36.8 Å². The normalized spacial score (nSPS) is 22.3. The number of aryl methyl sites for hydroxylation is 1. The van der Waals surface area contributed by atoms with Crippen LogP contribution in [-0.2, 0) is 14.3 Å². The van der Waals surface area contributed by atoms with Gasteiger partial charge in [0.05, 0.1) is 28.5 Å². The van der Waals surface area contributed by atoms with Crippen LogP contribution in [0.4, 0.5) is 0 Å². The third-order valence-electron chi connectivity index (χ3n) is 4.73. The first-order valence-electron chi connectivity index (χ1n) is 9.08. The molecule has 2 aliphatic rings. The third kappa shape index (κ3) is 5.12. The Kier molecular flexibility index (Phi) is 6.54. The first kappa shape index (κ1) is 19.5. The molecule has 2 N–H and O–H groups in total. The Hall–Kier alpha value is -2.30. The zero-order valence-electron chi connectivity index (χ0n) is 15.3. The molecule has 2 atom stereocenters. The number of nitriles is 1. The third-order valence-corrected chi connectivity index (χ3v) is 5.75. The van der Waals surface area contributed by atoms with Gasteiger partial charge >= 0.3 is 0 Å². The number of thioether (sulfide) groups is 1. The summed E-state index contributed by atoms with van der Waals surface area (Å²) >= 11 is 1.20. The fourth-order valence-corrected chi connectivity index (χ4v) is 4.15. The summed E-state index contributed by atoms with van der Waals surface area (Å²) in [6, 6.07) is 10.1. The minimum Gasteiger partial charge on any atom is -0.376 e. The first-order chi connectivity index (χ1) is 13.1. The van der Waals surface area contributed by atoms with E-state index in [1.165, 1.54) is 11.8 Å². The molecule has 27 heavy (non-hydrogen) atoms. The van der Waals surface area contributed by atoms with E-state index in [-0.39, 0.29) is 36.0 Å². The summed E-state index contributed by atoms with van der Waals surface area (Å²) in [5.41, 5.74) is 2.57. The number of carbonyl (C=O) groups is 2. The summed E-state index contributed by atoms with van der Waals surface area (Å²) < 4.78 is 5.49. The second-order valence-electron chi connectivity index (χ2n) is 6.80. The predicted octanol–water partition coefficient (Wildman–Crippen LogP) is 2.36. The highest BCUT2D eigenvalue weighted by atomic mass is 32.2. The molecule has 0 radical (unpaired) electrons. The zero-order chi connectivity index (χ0) is 19.2. The molecule has 0 bridgehead atoms. The van der Waals surface area contributed by atoms with E-state index >= 15 is 0 Å². The van der Waals surface area contributed by atoms with Crippen molar-refractivity contribution in [2.45, 2.75) is 38.2 Å². The minimum atomic E-state index is -0.276. The molecule has 0 unspecified atom stereocenters. The summed E-state index contributed by atoms with van der Waals surface area (Å²) in [6.07, 6.45) is 2.32. The number of benzene rings is 1. The van der Waals surface area contributed by atoms with Crippen LogP contribution < -0.4 is 10.6 Å². The lowest BCUT2D eigenvalue weighted by Gasteiger charge is -2.25. The van der Waals surface area contributed by atoms with Gasteiger partial charge in [0, 0.05) is 25.5 Å². The number of nitrogens with zero attached hydrogens (tertiary/aromatic N) is 1. The second-order valence-corrected chi connectivity index (χ2v) is 7.78. The van der Waals surface area contributed by atoms with Gasteiger partial charge in [-0.3, -0.25) is 9.59 Å². The average Bonchev–Trinajstić information content (AvgIpc) is 3.18. The lowest BCUT2D eigenvalue weighted by atomic mass is 9.87. The largest absolute Gasteiger partial charge is 0.376 e. The van der Waals surface area contributed by atoms with Crippen molar-refractivity contribution < 1.29 is 14.3 Å². The smallest absolute Gasteiger partial charge is 0.230 e. The average molecular weight is 385 g/mol. The molecule has 0 aliphatic carbocycles. The highest BCUT2D eigenvalue weighted by molar-refractivity contribution is 8.03. The van der Waals surface area contributed by atoms with Crippen molar-refractivity contribution in [3.8, 4) is 6.07 Å². The van der Waals surface area contributed by atoms with Crippen molar-refractivity contribution in [3.63, 3.8) is 0 Å². The van der Waals surface area contributed by atoms with E-state index in [0.717, 1.165) is 30.6 Å². The van der Waals surface area contributed by atoms with Crippen molar-refractivity contribution >= 4 is 23.6 Å². The summed E-state index contributed by atoms with van der Waals surface area (Å²) in [6.45, 7) is 3.25. The van der Waals surface area contributed by atoms with E-state index in [4.69, 9.17) is 4.74 Å². The van der Waals surface area contributed by atoms with Crippen LogP contribution in [0.2, 0.25) is 0 Å². The summed E-state index contributed by atoms with van der Waals surface area (Å²) in [5.74, 6) is -0.399. The van der Waals surface area contributed by atoms with Gasteiger partial charge in [0.2, 0.25) is 11.8 Å². The molecule has 2 aliphatic heterocycles. The highest BCUT2D eigenvalue weighted by Crippen LogP contribution is 2.35. The van der Waals surface area contributed by atoms with Crippen LogP contribution >= 0.6 is 11.8 Å². The monoisotopic (exact) mass is 385 g/mol. The molecule has 0 spiro atoms. The van der Waals surface area contributed by atoms with Crippen molar-refractivity contribution in [2.24, 2.45) is 0 Å². The van der Waals surface area contributed by atoms with Gasteiger partial charge in [0.15, 0.2) is 0 Å². The Morgan fingerprint density at radius 2 is 2.19 bits per heavy atom. The maximum absolute atomic E-state index is 12.1. The summed E-state index contributed by atoms with van der Waals surface area (Å²) in [5, 5.41) is 15.7. The highest BCUT2D eigenvalue weighted by Gasteiger charge is 2.29. The van der Waals surface area contributed by atoms with Crippen LogP contribution in [0.5, 0.6) is 0 Å². The molecule has 3 rings (SSSR count). The molecule has 6 nitrogen and oxygen atoms in total. The zero-order valence-corrected chi connectivity index (χ0v) is 16.1. The molecule has 7 heteroatoms. The molecule has 1 aromatic carbocycles. The number of allylic oxidation sites excluding steroid dienone is 1. The molecule has 1 fully saturated rings. The van der Waals surface area contributed by atoms with Crippen LogP contribution in [0.3, 0.4) is 0 Å². The van der Waals surface area contributed by atoms with Gasteiger partial charge < -0.3 is 15.4 Å². The maximum Gasteiger partial charge on any atom is 0.230 e. The molecule has 0 saturated carbocycles. The maximum atomic E-state index is 12.1. The van der Waals surface area contributed by atoms with E-state index < -0.39 is 0 Å². The number of ether oxygens (including phenoxy) is 1. The standard InChI is InChI=1S/C20H23N3O3S/c1-13-4-6-14(7-5-13)16-9-18(24)23-20(17(16)10-21)27-12-19(25)22-11-15-3-2-8-26-15/h4-7,15-16H,2-3,8-9,11-12H2,1H3,(H,22,25)(H,23,24)/t15-,16-/m0/s1. The van der Waals surface area contributed by atoms with Crippen LogP contribution in [0.15, 0.2) is 34.9 Å². The molecule has 1 saturated heterocycles. The lowest BCUT2D eigenvalue weighted by Crippen LogP contribution is -2.34. The fourth-order valence-electron chi connectivity index (χ4n) is 3.24. The predicted molar refractivity (Wildman–Crippen MR) is 104 cm³/mol. The van der Waals surface area contributed by atoms with E-state index in [2.05, 4.69) is 16.7 Å². The van der Waals surface area contributed by atoms with Gasteiger partial charge in [0.1, 0.15) is 0 Å². The lowest BCUT2D eigenvalue weighted by molar-refractivity contribution is -0.121. The topological polar surface area (TPSA) is 91.2 Å². The number of rotatable bonds is 6. The van der Waals surface area contributed by atoms with Gasteiger partial charge in [-0.25, -0.2) is 0 Å². The van der Waals surface area contributed by atoms with E-state index in [9.17, 15) is 14.9 Å². The van der Waals surface area contributed by atoms with Crippen molar-refractivity contribution in [3.05, 3.63) is 46.0 Å². The molecule has 2 heterocycles. The van der Waals surface area contributed by atoms with Crippen molar-refractivity contribution in [1.29, 1.82) is 5.26 Å². The van der Waals surface area contributed by atoms with Gasteiger partial charge in [-0.2, -0.15) is 5.26 Å². The molecule has 142 valence electrons. The Morgan fingerprint density at radius 3 is 2.85 bits per heavy atom. The van der Waals surface area contributed by atoms with Crippen molar-refractivity contribution in [1.82, 2.24) is 10.6 Å². The van der Waals surface area contributed by atoms with Gasteiger partial charge in [-0.1, -0.05) is 41.6 Å². The van der Waals surface area contributed by atoms with Gasteiger partial charge in [-0.15, -0.1) is 0 Å². The SMILES string of the molecule is Cc1ccc([C@@H]2CC(=O)NC(SCC(=O)NC[C@@H]3CCCO3)=C2C#N)cc1. The second kappa shape index (κ2) is 9.07. The molecule has 1 aromatic rings. The number of nitrogens with one attached hydrogen (secondary N) is 2. The number of hydrogen-bond donors (Lipinski definition) is 2. The van der Waals surface area contributed by atoms with Crippen LogP contribution in [0.1, 0.15) is 36.3 Å². The Bertz CT molecular complexity index is 777.